The maximum atomic E-state index is 13.0. The number of carbonyl (C=O) groups is 1. The highest BCUT2D eigenvalue weighted by atomic mass is 35.5. The highest BCUT2D eigenvalue weighted by molar-refractivity contribution is 7.91. The Labute approximate surface area is 229 Å². The molecule has 1 amide bonds. The molecule has 0 aliphatic carbocycles. The van der Waals surface area contributed by atoms with Crippen molar-refractivity contribution in [3.8, 4) is 0 Å². The second kappa shape index (κ2) is 12.8. The van der Waals surface area contributed by atoms with Crippen molar-refractivity contribution in [2.45, 2.75) is 55.1 Å². The highest BCUT2D eigenvalue weighted by Gasteiger charge is 2.25. The van der Waals surface area contributed by atoms with Gasteiger partial charge in [-0.1, -0.05) is 48.0 Å². The van der Waals surface area contributed by atoms with E-state index in [2.05, 4.69) is 0 Å². The Morgan fingerprint density at radius 1 is 0.947 bits per heavy atom. The fourth-order valence-electron chi connectivity index (χ4n) is 3.81. The summed E-state index contributed by atoms with van der Waals surface area (Å²) in [7, 11) is -3.69. The first-order valence-electron chi connectivity index (χ1n) is 12.3. The average Bonchev–Trinajstić information content (AvgIpc) is 2.86. The molecule has 3 aromatic carbocycles. The van der Waals surface area contributed by atoms with Crippen LogP contribution in [-0.4, -0.2) is 54.9 Å². The summed E-state index contributed by atoms with van der Waals surface area (Å²) in [6.45, 7) is 5.58. The number of sulfone groups is 1. The first-order chi connectivity index (χ1) is 17.9. The predicted molar refractivity (Wildman–Crippen MR) is 147 cm³/mol. The van der Waals surface area contributed by atoms with Crippen LogP contribution in [0.2, 0.25) is 5.02 Å². The van der Waals surface area contributed by atoms with Crippen LogP contribution < -0.4 is 0 Å². The first-order valence-corrected chi connectivity index (χ1v) is 14.2. The number of carbonyl (C=O) groups excluding carboxylic acids is 1. The molecule has 9 heteroatoms. The van der Waals surface area contributed by atoms with Crippen molar-refractivity contribution in [3.63, 3.8) is 0 Å². The molecule has 1 atom stereocenters. The minimum Gasteiger partial charge on any atom is -0.444 e. The SMILES string of the molecule is CC(C)(C)OC(=O)N(CCc1ccc(S(=O)(=O)c2ccc(CCO)cc2)cc1)CC(O)c1cccc(Cl)c1. The number of nitrogens with zero attached hydrogens (tertiary/aromatic N) is 1. The third kappa shape index (κ3) is 8.30. The van der Waals surface area contributed by atoms with Gasteiger partial charge in [0.05, 0.1) is 22.4 Å². The summed E-state index contributed by atoms with van der Waals surface area (Å²) in [6.07, 6.45) is -0.622. The Morgan fingerprint density at radius 2 is 1.50 bits per heavy atom. The van der Waals surface area contributed by atoms with Crippen LogP contribution in [0.25, 0.3) is 0 Å². The van der Waals surface area contributed by atoms with E-state index in [0.717, 1.165) is 11.1 Å². The Morgan fingerprint density at radius 3 is 2.00 bits per heavy atom. The maximum Gasteiger partial charge on any atom is 0.410 e. The van der Waals surface area contributed by atoms with E-state index < -0.39 is 27.6 Å². The molecule has 0 aliphatic rings. The van der Waals surface area contributed by atoms with Crippen molar-refractivity contribution in [3.05, 3.63) is 94.5 Å². The van der Waals surface area contributed by atoms with E-state index in [4.69, 9.17) is 21.4 Å². The molecule has 0 saturated heterocycles. The molecule has 0 saturated carbocycles. The number of amides is 1. The molecule has 38 heavy (non-hydrogen) atoms. The number of rotatable bonds is 10. The molecule has 0 spiro atoms. The molecule has 204 valence electrons. The van der Waals surface area contributed by atoms with Crippen LogP contribution in [0, 0.1) is 0 Å². The van der Waals surface area contributed by atoms with Crippen LogP contribution in [-0.2, 0) is 27.4 Å². The summed E-state index contributed by atoms with van der Waals surface area (Å²) >= 11 is 6.05. The van der Waals surface area contributed by atoms with Gasteiger partial charge in [0.25, 0.3) is 0 Å². The first kappa shape index (κ1) is 29.6. The fourth-order valence-corrected chi connectivity index (χ4v) is 5.27. The molecule has 2 N–H and O–H groups in total. The number of aliphatic hydroxyl groups is 2. The molecule has 7 nitrogen and oxygen atoms in total. The van der Waals surface area contributed by atoms with Crippen molar-refractivity contribution in [2.24, 2.45) is 0 Å². The van der Waals surface area contributed by atoms with Crippen molar-refractivity contribution < 1.29 is 28.2 Å². The zero-order chi connectivity index (χ0) is 27.9. The van der Waals surface area contributed by atoms with Gasteiger partial charge in [0, 0.05) is 18.2 Å². The minimum absolute atomic E-state index is 0.00151. The third-order valence-corrected chi connectivity index (χ3v) is 7.84. The van der Waals surface area contributed by atoms with E-state index in [9.17, 15) is 18.3 Å². The highest BCUT2D eigenvalue weighted by Crippen LogP contribution is 2.23. The largest absolute Gasteiger partial charge is 0.444 e. The standard InChI is InChI=1S/C29H34ClNO6S/c1-29(2,3)37-28(34)31(20-27(33)23-5-4-6-24(30)19-23)17-15-21-7-11-25(12-8-21)38(35,36)26-13-9-22(10-14-26)16-18-32/h4-14,19,27,32-33H,15-18,20H2,1-3H3. The lowest BCUT2D eigenvalue weighted by Crippen LogP contribution is -2.40. The Balaban J connectivity index is 1.72. The summed E-state index contributed by atoms with van der Waals surface area (Å²) in [5.41, 5.74) is 1.57. The third-order valence-electron chi connectivity index (χ3n) is 5.82. The van der Waals surface area contributed by atoms with Gasteiger partial charge in [0.2, 0.25) is 9.84 Å². The van der Waals surface area contributed by atoms with E-state index in [1.807, 2.05) is 0 Å². The number of aliphatic hydroxyl groups excluding tert-OH is 2. The second-order valence-corrected chi connectivity index (χ2v) is 12.4. The molecule has 1 unspecified atom stereocenters. The van der Waals surface area contributed by atoms with Crippen LogP contribution in [0.3, 0.4) is 0 Å². The topological polar surface area (TPSA) is 104 Å². The number of hydrogen-bond acceptors (Lipinski definition) is 6. The van der Waals surface area contributed by atoms with Crippen molar-refractivity contribution >= 4 is 27.5 Å². The molecular weight excluding hydrogens is 526 g/mol. The smallest absolute Gasteiger partial charge is 0.410 e. The monoisotopic (exact) mass is 559 g/mol. The van der Waals surface area contributed by atoms with E-state index in [1.54, 1.807) is 81.4 Å². The summed E-state index contributed by atoms with van der Waals surface area (Å²) in [6, 6.07) is 19.8. The molecule has 0 radical (unpaired) electrons. The molecule has 0 heterocycles. The van der Waals surface area contributed by atoms with Gasteiger partial charge in [-0.25, -0.2) is 13.2 Å². The summed E-state index contributed by atoms with van der Waals surface area (Å²) < 4.78 is 31.6. The van der Waals surface area contributed by atoms with Gasteiger partial charge in [-0.2, -0.15) is 0 Å². The Hall–Kier alpha value is -2.91. The van der Waals surface area contributed by atoms with Gasteiger partial charge >= 0.3 is 6.09 Å². The summed E-state index contributed by atoms with van der Waals surface area (Å²) in [4.78, 5) is 14.7. The second-order valence-electron chi connectivity index (χ2n) is 10.0. The van der Waals surface area contributed by atoms with E-state index in [-0.39, 0.29) is 29.5 Å². The van der Waals surface area contributed by atoms with Crippen LogP contribution in [0.5, 0.6) is 0 Å². The van der Waals surface area contributed by atoms with Gasteiger partial charge < -0.3 is 19.8 Å². The fraction of sp³-hybridized carbons (Fsp3) is 0.345. The summed E-state index contributed by atoms with van der Waals surface area (Å²) in [5, 5.41) is 20.3. The maximum absolute atomic E-state index is 13.0. The van der Waals surface area contributed by atoms with Gasteiger partial charge in [-0.15, -0.1) is 0 Å². The van der Waals surface area contributed by atoms with Gasteiger partial charge in [-0.05, 0) is 86.7 Å². The van der Waals surface area contributed by atoms with Crippen LogP contribution >= 0.6 is 11.6 Å². The zero-order valence-corrected chi connectivity index (χ0v) is 23.4. The van der Waals surface area contributed by atoms with Gasteiger partial charge in [-0.3, -0.25) is 0 Å². The Kier molecular flexibility index (Phi) is 9.95. The molecule has 3 rings (SSSR count). The molecule has 3 aromatic rings. The number of hydrogen-bond donors (Lipinski definition) is 2. The lowest BCUT2D eigenvalue weighted by molar-refractivity contribution is 0.0147. The molecular formula is C29H34ClNO6S. The van der Waals surface area contributed by atoms with Gasteiger partial charge in [0.1, 0.15) is 5.60 Å². The van der Waals surface area contributed by atoms with Crippen molar-refractivity contribution in [1.29, 1.82) is 0 Å². The zero-order valence-electron chi connectivity index (χ0n) is 21.8. The number of halogens is 1. The van der Waals surface area contributed by atoms with Crippen molar-refractivity contribution in [1.82, 2.24) is 4.90 Å². The molecule has 0 aliphatic heterocycles. The normalized spacial score (nSPS) is 12.7. The molecule has 0 aromatic heterocycles. The minimum atomic E-state index is -3.69. The molecule has 0 fully saturated rings. The number of benzene rings is 3. The van der Waals surface area contributed by atoms with E-state index in [0.29, 0.717) is 23.4 Å². The van der Waals surface area contributed by atoms with E-state index >= 15 is 0 Å². The number of ether oxygens (including phenoxy) is 1. The lowest BCUT2D eigenvalue weighted by Gasteiger charge is -2.29. The van der Waals surface area contributed by atoms with Crippen LogP contribution in [0.15, 0.2) is 82.6 Å². The van der Waals surface area contributed by atoms with Gasteiger partial charge in [0.15, 0.2) is 0 Å². The average molecular weight is 560 g/mol. The van der Waals surface area contributed by atoms with E-state index in [1.165, 1.54) is 17.0 Å². The Bertz CT molecular complexity index is 1320. The predicted octanol–water partition coefficient (Wildman–Crippen LogP) is 5.22. The van der Waals surface area contributed by atoms with Crippen LogP contribution in [0.1, 0.15) is 43.6 Å². The quantitative estimate of drug-likeness (QED) is 0.353. The lowest BCUT2D eigenvalue weighted by atomic mass is 10.1. The molecule has 0 bridgehead atoms. The summed E-state index contributed by atoms with van der Waals surface area (Å²) in [5.74, 6) is 0. The van der Waals surface area contributed by atoms with Crippen molar-refractivity contribution in [2.75, 3.05) is 19.7 Å². The van der Waals surface area contributed by atoms with Crippen LogP contribution in [0.4, 0.5) is 4.79 Å².